The molecule has 4 rings (SSSR count). The Kier molecular flexibility index (Phi) is 5.85. The number of nitrogens with two attached hydrogens (primary N) is 1. The third kappa shape index (κ3) is 3.93. The standard InChI is InChI=1S/C22H23ClFN3O4S/c1-21(13-32(29,30)22(20(25)27-21)6-8-31-9-7-22)16-10-14(2-4-17(16)24)11-19(28)18-5-3-15(23)12-26-18/h2-5,10,12H,6-9,11,13H2,1H3,(H2,25,27)/t21-/m0/s1. The zero-order valence-corrected chi connectivity index (χ0v) is 19.0. The molecule has 3 heterocycles. The van der Waals surface area contributed by atoms with Crippen LogP contribution in [0.3, 0.4) is 0 Å². The Bertz CT molecular complexity index is 1190. The number of aromatic nitrogens is 1. The van der Waals surface area contributed by atoms with Gasteiger partial charge in [0.2, 0.25) is 0 Å². The molecule has 2 aromatic rings. The lowest BCUT2D eigenvalue weighted by Gasteiger charge is -2.43. The normalized spacial score (nSPS) is 24.2. The number of pyridine rings is 1. The summed E-state index contributed by atoms with van der Waals surface area (Å²) in [4.78, 5) is 21.1. The smallest absolute Gasteiger partial charge is 0.185 e. The number of carbonyl (C=O) groups is 1. The quantitative estimate of drug-likeness (QED) is 0.675. The minimum Gasteiger partial charge on any atom is -0.386 e. The van der Waals surface area contributed by atoms with Gasteiger partial charge in [-0.05, 0) is 49.6 Å². The van der Waals surface area contributed by atoms with Crippen molar-refractivity contribution in [3.63, 3.8) is 0 Å². The molecule has 1 aromatic carbocycles. The van der Waals surface area contributed by atoms with E-state index in [-0.39, 0.29) is 61.1 Å². The molecule has 2 aliphatic rings. The van der Waals surface area contributed by atoms with Crippen molar-refractivity contribution in [2.24, 2.45) is 10.7 Å². The fraction of sp³-hybridized carbons (Fsp3) is 0.409. The van der Waals surface area contributed by atoms with E-state index in [9.17, 15) is 17.6 Å². The molecular formula is C22H23ClFN3O4S. The maximum atomic E-state index is 14.9. The van der Waals surface area contributed by atoms with E-state index in [0.717, 1.165) is 0 Å². The molecule has 1 fully saturated rings. The van der Waals surface area contributed by atoms with E-state index in [0.29, 0.717) is 10.6 Å². The van der Waals surface area contributed by atoms with Crippen LogP contribution in [0.25, 0.3) is 0 Å². The fourth-order valence-corrected chi connectivity index (χ4v) is 6.89. The monoisotopic (exact) mass is 479 g/mol. The van der Waals surface area contributed by atoms with Crippen molar-refractivity contribution in [3.05, 3.63) is 64.2 Å². The number of hydrogen-bond donors (Lipinski definition) is 1. The summed E-state index contributed by atoms with van der Waals surface area (Å²) < 4.78 is 45.6. The summed E-state index contributed by atoms with van der Waals surface area (Å²) in [5, 5.41) is 0.412. The average Bonchev–Trinajstić information content (AvgIpc) is 2.74. The van der Waals surface area contributed by atoms with Crippen LogP contribution in [0, 0.1) is 5.82 Å². The number of ketones is 1. The van der Waals surface area contributed by atoms with Crippen LogP contribution in [0.5, 0.6) is 0 Å². The van der Waals surface area contributed by atoms with Gasteiger partial charge in [0.15, 0.2) is 15.6 Å². The predicted molar refractivity (Wildman–Crippen MR) is 119 cm³/mol. The van der Waals surface area contributed by atoms with E-state index in [2.05, 4.69) is 9.98 Å². The highest BCUT2D eigenvalue weighted by atomic mass is 35.5. The van der Waals surface area contributed by atoms with E-state index in [1.165, 1.54) is 30.5 Å². The van der Waals surface area contributed by atoms with Gasteiger partial charge in [-0.15, -0.1) is 0 Å². The topological polar surface area (TPSA) is 112 Å². The Hall–Kier alpha value is -2.36. The molecule has 0 bridgehead atoms. The molecule has 1 atom stereocenters. The summed E-state index contributed by atoms with van der Waals surface area (Å²) in [5.74, 6) is -1.28. The van der Waals surface area contributed by atoms with Crippen molar-refractivity contribution in [1.82, 2.24) is 4.98 Å². The first-order valence-corrected chi connectivity index (χ1v) is 12.2. The van der Waals surface area contributed by atoms with E-state index in [1.807, 2.05) is 0 Å². The Morgan fingerprint density at radius 1 is 1.25 bits per heavy atom. The number of hydrogen-bond acceptors (Lipinski definition) is 7. The number of amidine groups is 1. The zero-order chi connectivity index (χ0) is 23.1. The van der Waals surface area contributed by atoms with Crippen LogP contribution < -0.4 is 5.73 Å². The molecule has 0 aliphatic carbocycles. The van der Waals surface area contributed by atoms with Gasteiger partial charge in [-0.3, -0.25) is 14.8 Å². The van der Waals surface area contributed by atoms with Gasteiger partial charge in [0, 0.05) is 31.4 Å². The van der Waals surface area contributed by atoms with Crippen molar-refractivity contribution >= 4 is 33.1 Å². The molecule has 170 valence electrons. The largest absolute Gasteiger partial charge is 0.386 e. The summed E-state index contributed by atoms with van der Waals surface area (Å²) in [6.07, 6.45) is 1.80. The van der Waals surface area contributed by atoms with Gasteiger partial charge in [0.05, 0.1) is 10.8 Å². The van der Waals surface area contributed by atoms with Gasteiger partial charge in [-0.2, -0.15) is 0 Å². The molecule has 32 heavy (non-hydrogen) atoms. The van der Waals surface area contributed by atoms with Crippen molar-refractivity contribution in [3.8, 4) is 0 Å². The SMILES string of the molecule is C[C@@]1(c2cc(CC(=O)c3ccc(Cl)cn3)ccc2F)CS(=O)(=O)C2(CCOCC2)C(N)=N1. The van der Waals surface area contributed by atoms with Crippen molar-refractivity contribution in [2.75, 3.05) is 19.0 Å². The van der Waals surface area contributed by atoms with Crippen LogP contribution in [0.15, 0.2) is 41.5 Å². The highest BCUT2D eigenvalue weighted by Crippen LogP contribution is 2.42. The highest BCUT2D eigenvalue weighted by molar-refractivity contribution is 7.93. The van der Waals surface area contributed by atoms with E-state index in [4.69, 9.17) is 22.1 Å². The third-order valence-corrected chi connectivity index (χ3v) is 9.16. The van der Waals surface area contributed by atoms with Crippen LogP contribution in [0.4, 0.5) is 4.39 Å². The summed E-state index contributed by atoms with van der Waals surface area (Å²) in [5.41, 5.74) is 5.63. The van der Waals surface area contributed by atoms with Crippen LogP contribution in [-0.4, -0.2) is 48.7 Å². The molecule has 0 radical (unpaired) electrons. The van der Waals surface area contributed by atoms with Crippen LogP contribution in [0.2, 0.25) is 5.02 Å². The molecule has 1 spiro atoms. The lowest BCUT2D eigenvalue weighted by Crippen LogP contribution is -2.60. The highest BCUT2D eigenvalue weighted by Gasteiger charge is 2.55. The first kappa shape index (κ1) is 22.8. The maximum absolute atomic E-state index is 14.9. The molecule has 0 amide bonds. The van der Waals surface area contributed by atoms with Gasteiger partial charge >= 0.3 is 0 Å². The Balaban J connectivity index is 1.69. The van der Waals surface area contributed by atoms with Gasteiger partial charge < -0.3 is 10.5 Å². The summed E-state index contributed by atoms with van der Waals surface area (Å²) in [6, 6.07) is 7.27. The summed E-state index contributed by atoms with van der Waals surface area (Å²) in [7, 11) is -3.74. The molecule has 0 saturated carbocycles. The Morgan fingerprint density at radius 3 is 2.59 bits per heavy atom. The van der Waals surface area contributed by atoms with Gasteiger partial charge in [-0.25, -0.2) is 12.8 Å². The molecule has 10 heteroatoms. The van der Waals surface area contributed by atoms with Crippen LogP contribution in [-0.2, 0) is 26.5 Å². The predicted octanol–water partition coefficient (Wildman–Crippen LogP) is 2.85. The van der Waals surface area contributed by atoms with Gasteiger partial charge in [0.1, 0.15) is 27.6 Å². The number of nitrogens with zero attached hydrogens (tertiary/aromatic N) is 2. The number of benzene rings is 1. The second kappa shape index (κ2) is 8.20. The van der Waals surface area contributed by atoms with Crippen molar-refractivity contribution in [1.29, 1.82) is 0 Å². The van der Waals surface area contributed by atoms with Crippen LogP contribution >= 0.6 is 11.6 Å². The first-order chi connectivity index (χ1) is 15.1. The van der Waals surface area contributed by atoms with Gasteiger partial charge in [-0.1, -0.05) is 17.7 Å². The molecule has 1 aromatic heterocycles. The van der Waals surface area contributed by atoms with Gasteiger partial charge in [0.25, 0.3) is 0 Å². The first-order valence-electron chi connectivity index (χ1n) is 10.2. The molecule has 0 unspecified atom stereocenters. The van der Waals surface area contributed by atoms with E-state index in [1.54, 1.807) is 13.0 Å². The van der Waals surface area contributed by atoms with Crippen molar-refractivity contribution in [2.45, 2.75) is 36.5 Å². The third-order valence-electron chi connectivity index (χ3n) is 6.19. The lowest BCUT2D eigenvalue weighted by molar-refractivity contribution is 0.0875. The van der Waals surface area contributed by atoms with E-state index >= 15 is 0 Å². The molecular weight excluding hydrogens is 457 g/mol. The molecule has 2 N–H and O–H groups in total. The summed E-state index contributed by atoms with van der Waals surface area (Å²) in [6.45, 7) is 2.10. The zero-order valence-electron chi connectivity index (χ0n) is 17.5. The minimum absolute atomic E-state index is 0.0132. The number of Topliss-reactive ketones (excluding diaryl/α,β-unsaturated/α-hetero) is 1. The lowest BCUT2D eigenvalue weighted by atomic mass is 9.89. The second-order valence-electron chi connectivity index (χ2n) is 8.41. The number of sulfone groups is 1. The average molecular weight is 480 g/mol. The second-order valence-corrected chi connectivity index (χ2v) is 11.1. The number of ether oxygens (including phenoxy) is 1. The molecule has 7 nitrogen and oxygen atoms in total. The van der Waals surface area contributed by atoms with Crippen molar-refractivity contribution < 1.29 is 22.3 Å². The molecule has 2 aliphatic heterocycles. The van der Waals surface area contributed by atoms with Crippen LogP contribution in [0.1, 0.15) is 41.4 Å². The summed E-state index contributed by atoms with van der Waals surface area (Å²) >= 11 is 5.81. The Morgan fingerprint density at radius 2 is 1.97 bits per heavy atom. The fourth-order valence-electron chi connectivity index (χ4n) is 4.39. The number of carbonyl (C=O) groups excluding carboxylic acids is 1. The van der Waals surface area contributed by atoms with E-state index < -0.39 is 25.9 Å². The Labute approximate surface area is 190 Å². The maximum Gasteiger partial charge on any atom is 0.185 e. The molecule has 1 saturated heterocycles. The minimum atomic E-state index is -3.74. The number of halogens is 2. The number of aliphatic imine (C=N–C) groups is 1. The number of rotatable bonds is 4.